The van der Waals surface area contributed by atoms with Gasteiger partial charge < -0.3 is 15.7 Å². The van der Waals surface area contributed by atoms with Crippen molar-refractivity contribution in [1.82, 2.24) is 10.6 Å². The van der Waals surface area contributed by atoms with Gasteiger partial charge in [0.25, 0.3) is 0 Å². The van der Waals surface area contributed by atoms with Crippen molar-refractivity contribution in [2.45, 2.75) is 37.7 Å². The van der Waals surface area contributed by atoms with Crippen molar-refractivity contribution in [2.75, 3.05) is 19.6 Å². The second-order valence-corrected chi connectivity index (χ2v) is 4.93. The number of nitrogens with one attached hydrogen (secondary N) is 2. The fourth-order valence-electron chi connectivity index (χ4n) is 2.18. The normalized spacial score (nSPS) is 31.3. The topological polar surface area (TPSA) is 61.4 Å². The van der Waals surface area contributed by atoms with Gasteiger partial charge in [-0.2, -0.15) is 0 Å². The zero-order valence-corrected chi connectivity index (χ0v) is 9.09. The Kier molecular flexibility index (Phi) is 3.26. The van der Waals surface area contributed by atoms with Crippen molar-refractivity contribution in [3.05, 3.63) is 0 Å². The monoisotopic (exact) mass is 212 g/mol. The summed E-state index contributed by atoms with van der Waals surface area (Å²) < 4.78 is 0. The van der Waals surface area contributed by atoms with Crippen LogP contribution in [0.1, 0.15) is 32.1 Å². The molecule has 0 bridgehead atoms. The van der Waals surface area contributed by atoms with Gasteiger partial charge in [-0.1, -0.05) is 6.42 Å². The van der Waals surface area contributed by atoms with E-state index in [-0.39, 0.29) is 5.91 Å². The van der Waals surface area contributed by atoms with Crippen LogP contribution in [0.3, 0.4) is 0 Å². The van der Waals surface area contributed by atoms with Crippen LogP contribution < -0.4 is 10.6 Å². The summed E-state index contributed by atoms with van der Waals surface area (Å²) >= 11 is 0. The second kappa shape index (κ2) is 4.49. The van der Waals surface area contributed by atoms with Crippen molar-refractivity contribution < 1.29 is 9.90 Å². The molecule has 0 radical (unpaired) electrons. The Hall–Kier alpha value is -0.610. The van der Waals surface area contributed by atoms with Crippen LogP contribution in [-0.4, -0.2) is 36.2 Å². The van der Waals surface area contributed by atoms with E-state index < -0.39 is 5.60 Å². The molecule has 1 saturated heterocycles. The van der Waals surface area contributed by atoms with Gasteiger partial charge in [-0.3, -0.25) is 4.79 Å². The second-order valence-electron chi connectivity index (χ2n) is 4.93. The summed E-state index contributed by atoms with van der Waals surface area (Å²) in [4.78, 5) is 11.5. The van der Waals surface area contributed by atoms with Crippen LogP contribution in [0.4, 0.5) is 0 Å². The molecule has 2 fully saturated rings. The minimum Gasteiger partial charge on any atom is -0.387 e. The molecule has 2 aliphatic rings. The molecule has 86 valence electrons. The van der Waals surface area contributed by atoms with E-state index in [9.17, 15) is 9.90 Å². The van der Waals surface area contributed by atoms with E-state index in [4.69, 9.17) is 0 Å². The molecule has 1 aliphatic carbocycles. The summed E-state index contributed by atoms with van der Waals surface area (Å²) in [6, 6.07) is 0. The molecule has 0 aromatic rings. The molecule has 1 heterocycles. The van der Waals surface area contributed by atoms with E-state index in [1.165, 1.54) is 19.3 Å². The van der Waals surface area contributed by atoms with E-state index >= 15 is 0 Å². The van der Waals surface area contributed by atoms with Gasteiger partial charge in [-0.15, -0.1) is 0 Å². The summed E-state index contributed by atoms with van der Waals surface area (Å²) in [6.45, 7) is 1.83. The Labute approximate surface area is 90.4 Å². The Bertz CT molecular complexity index is 233. The molecule has 0 aromatic heterocycles. The number of hydrogen-bond donors (Lipinski definition) is 3. The highest BCUT2D eigenvalue weighted by Gasteiger charge is 2.31. The Morgan fingerprint density at radius 1 is 1.53 bits per heavy atom. The van der Waals surface area contributed by atoms with Crippen LogP contribution in [0.5, 0.6) is 0 Å². The Morgan fingerprint density at radius 2 is 2.33 bits per heavy atom. The van der Waals surface area contributed by atoms with Crippen LogP contribution >= 0.6 is 0 Å². The molecule has 1 amide bonds. The maximum atomic E-state index is 11.5. The van der Waals surface area contributed by atoms with Gasteiger partial charge in [-0.05, 0) is 31.7 Å². The molecule has 1 atom stereocenters. The SMILES string of the molecule is O=C(CC1CCC1)NCC1(O)CCNC1. The number of carbonyl (C=O) groups excluding carboxylic acids is 1. The van der Waals surface area contributed by atoms with Crippen LogP contribution in [0.2, 0.25) is 0 Å². The minimum atomic E-state index is -0.713. The van der Waals surface area contributed by atoms with Crippen molar-refractivity contribution in [1.29, 1.82) is 0 Å². The van der Waals surface area contributed by atoms with E-state index in [0.717, 1.165) is 13.0 Å². The zero-order valence-electron chi connectivity index (χ0n) is 9.09. The summed E-state index contributed by atoms with van der Waals surface area (Å²) in [7, 11) is 0. The summed E-state index contributed by atoms with van der Waals surface area (Å²) in [5, 5.41) is 15.9. The maximum absolute atomic E-state index is 11.5. The lowest BCUT2D eigenvalue weighted by Crippen LogP contribution is -2.44. The first-order valence-electron chi connectivity index (χ1n) is 5.88. The Morgan fingerprint density at radius 3 is 2.87 bits per heavy atom. The summed E-state index contributed by atoms with van der Waals surface area (Å²) in [6.07, 6.45) is 5.03. The number of β-amino-alcohol motifs (C(OH)–C–C–N with tert-alkyl or cyclic N) is 1. The average Bonchev–Trinajstić information content (AvgIpc) is 2.57. The Balaban J connectivity index is 1.65. The molecule has 1 saturated carbocycles. The molecule has 3 N–H and O–H groups in total. The van der Waals surface area contributed by atoms with E-state index in [0.29, 0.717) is 25.4 Å². The summed E-state index contributed by atoms with van der Waals surface area (Å²) in [5.41, 5.74) is -0.713. The lowest BCUT2D eigenvalue weighted by atomic mass is 9.83. The highest BCUT2D eigenvalue weighted by Crippen LogP contribution is 2.29. The van der Waals surface area contributed by atoms with Crippen molar-refractivity contribution in [2.24, 2.45) is 5.92 Å². The lowest BCUT2D eigenvalue weighted by Gasteiger charge is -2.26. The standard InChI is InChI=1S/C11H20N2O2/c14-10(6-9-2-1-3-9)13-8-11(15)4-5-12-7-11/h9,12,15H,1-8H2,(H,13,14). The molecule has 0 spiro atoms. The third kappa shape index (κ3) is 2.92. The molecule has 1 aliphatic heterocycles. The smallest absolute Gasteiger partial charge is 0.220 e. The fraction of sp³-hybridized carbons (Fsp3) is 0.909. The third-order valence-electron chi connectivity index (χ3n) is 3.53. The first kappa shape index (κ1) is 10.9. The predicted molar refractivity (Wildman–Crippen MR) is 57.4 cm³/mol. The maximum Gasteiger partial charge on any atom is 0.220 e. The minimum absolute atomic E-state index is 0.0972. The summed E-state index contributed by atoms with van der Waals surface area (Å²) in [5.74, 6) is 0.696. The first-order chi connectivity index (χ1) is 7.18. The van der Waals surface area contributed by atoms with Crippen molar-refractivity contribution >= 4 is 5.91 Å². The zero-order chi connectivity index (χ0) is 10.7. The third-order valence-corrected chi connectivity index (χ3v) is 3.53. The molecule has 4 heteroatoms. The molecule has 0 aromatic carbocycles. The van der Waals surface area contributed by atoms with Gasteiger partial charge in [0, 0.05) is 19.5 Å². The number of amides is 1. The lowest BCUT2D eigenvalue weighted by molar-refractivity contribution is -0.123. The van der Waals surface area contributed by atoms with Crippen LogP contribution in [0.15, 0.2) is 0 Å². The number of carbonyl (C=O) groups is 1. The number of aliphatic hydroxyl groups is 1. The van der Waals surface area contributed by atoms with Crippen LogP contribution in [-0.2, 0) is 4.79 Å². The van der Waals surface area contributed by atoms with Crippen LogP contribution in [0, 0.1) is 5.92 Å². The van der Waals surface area contributed by atoms with Gasteiger partial charge in [0.15, 0.2) is 0 Å². The van der Waals surface area contributed by atoms with E-state index in [1.54, 1.807) is 0 Å². The van der Waals surface area contributed by atoms with Gasteiger partial charge in [-0.25, -0.2) is 0 Å². The van der Waals surface area contributed by atoms with E-state index in [2.05, 4.69) is 10.6 Å². The molecular weight excluding hydrogens is 192 g/mol. The first-order valence-corrected chi connectivity index (χ1v) is 5.88. The average molecular weight is 212 g/mol. The van der Waals surface area contributed by atoms with E-state index in [1.807, 2.05) is 0 Å². The molecular formula is C11H20N2O2. The molecule has 1 unspecified atom stereocenters. The molecule has 15 heavy (non-hydrogen) atoms. The largest absolute Gasteiger partial charge is 0.387 e. The highest BCUT2D eigenvalue weighted by molar-refractivity contribution is 5.76. The number of rotatable bonds is 4. The molecule has 2 rings (SSSR count). The fourth-order valence-corrected chi connectivity index (χ4v) is 2.18. The van der Waals surface area contributed by atoms with Crippen LogP contribution in [0.25, 0.3) is 0 Å². The van der Waals surface area contributed by atoms with Crippen molar-refractivity contribution in [3.63, 3.8) is 0 Å². The van der Waals surface area contributed by atoms with Gasteiger partial charge >= 0.3 is 0 Å². The highest BCUT2D eigenvalue weighted by atomic mass is 16.3. The van der Waals surface area contributed by atoms with Crippen molar-refractivity contribution in [3.8, 4) is 0 Å². The van der Waals surface area contributed by atoms with Gasteiger partial charge in [0.2, 0.25) is 5.91 Å². The van der Waals surface area contributed by atoms with Gasteiger partial charge in [0.1, 0.15) is 0 Å². The van der Waals surface area contributed by atoms with Gasteiger partial charge in [0.05, 0.1) is 5.60 Å². The predicted octanol–water partition coefficient (Wildman–Crippen LogP) is 0.0172. The number of hydrogen-bond acceptors (Lipinski definition) is 3. The quantitative estimate of drug-likeness (QED) is 0.615. The molecule has 4 nitrogen and oxygen atoms in total.